The summed E-state index contributed by atoms with van der Waals surface area (Å²) in [5, 5.41) is 172. The predicted molar refractivity (Wildman–Crippen MR) is 269 cm³/mol. The van der Waals surface area contributed by atoms with Crippen molar-refractivity contribution in [2.75, 3.05) is 79.3 Å². The van der Waals surface area contributed by atoms with Gasteiger partial charge in [0.1, 0.15) is 24.5 Å². The van der Waals surface area contributed by atoms with Gasteiger partial charge in [-0.15, -0.1) is 141 Å². The van der Waals surface area contributed by atoms with Gasteiger partial charge in [-0.05, 0) is 11.1 Å². The Bertz CT molecular complexity index is 2500. The van der Waals surface area contributed by atoms with Crippen LogP contribution < -0.4 is 104 Å². The molecule has 12 N–H and O–H groups in total. The third-order valence-electron chi connectivity index (χ3n) is 11.7. The van der Waals surface area contributed by atoms with Crippen molar-refractivity contribution in [3.63, 3.8) is 0 Å². The first-order valence-electron chi connectivity index (χ1n) is 20.2. The molecule has 9 rings (SSSR count). The van der Waals surface area contributed by atoms with E-state index in [0.29, 0.717) is 0 Å². The number of aliphatic carboxylic acids is 1. The summed E-state index contributed by atoms with van der Waals surface area (Å²) in [5.74, 6) is -5.14. The fourth-order valence-corrected chi connectivity index (χ4v) is 26.0. The fourth-order valence-electron chi connectivity index (χ4n) is 8.19. The van der Waals surface area contributed by atoms with E-state index in [0.717, 1.165) is 141 Å². The van der Waals surface area contributed by atoms with E-state index in [-0.39, 0.29) is 170 Å². The summed E-state index contributed by atoms with van der Waals surface area (Å²) in [5.41, 5.74) is -1.09. The maximum absolute atomic E-state index is 13.5. The number of carboxylic acids is 3. The summed E-state index contributed by atoms with van der Waals surface area (Å²) in [6.45, 7) is -8.99. The minimum Gasteiger partial charge on any atom is -0.545 e. The van der Waals surface area contributed by atoms with Crippen LogP contribution in [-0.4, -0.2) is 183 Å². The molecular formula is C40H36Na3O18S12. The number of carboxylic acid groups (broad SMARTS) is 3. The molecule has 6 heterocycles. The molecule has 1 fully saturated rings. The number of carbonyl (C=O) groups excluding carboxylic acids is 3. The number of aliphatic hydroxyl groups excluding tert-OH is 12. The van der Waals surface area contributed by atoms with E-state index in [1.54, 1.807) is 0 Å². The molecule has 2 aromatic rings. The Morgan fingerprint density at radius 3 is 0.808 bits per heavy atom. The number of thioether (sulfide) groups is 12. The molecular weight excluding hydrogens is 1220 g/mol. The molecule has 2 aromatic carbocycles. The Kier molecular flexibility index (Phi) is 21.8. The fraction of sp³-hybridized carbons (Fsp3) is 0.450. The van der Waals surface area contributed by atoms with E-state index in [9.17, 15) is 91.0 Å². The number of aromatic carboxylic acids is 2. The molecule has 18 nitrogen and oxygen atoms in total. The van der Waals surface area contributed by atoms with Crippen molar-refractivity contribution in [2.45, 2.75) is 63.6 Å². The normalized spacial score (nSPS) is 21.6. The number of aliphatic hydroxyl groups is 12. The van der Waals surface area contributed by atoms with Crippen LogP contribution in [0.25, 0.3) is 5.57 Å². The largest absolute Gasteiger partial charge is 1.00 e. The van der Waals surface area contributed by atoms with E-state index >= 15 is 0 Å². The van der Waals surface area contributed by atoms with Crippen LogP contribution in [0.4, 0.5) is 0 Å². The van der Waals surface area contributed by atoms with Crippen LogP contribution in [-0.2, 0) is 4.79 Å². The van der Waals surface area contributed by atoms with Crippen LogP contribution >= 0.6 is 141 Å². The first-order chi connectivity index (χ1) is 33.3. The van der Waals surface area contributed by atoms with Crippen LogP contribution in [0.1, 0.15) is 31.8 Å². The first kappa shape index (κ1) is 65.0. The summed E-state index contributed by atoms with van der Waals surface area (Å²) in [6.07, 6.45) is 0. The molecule has 0 atom stereocenters. The van der Waals surface area contributed by atoms with Gasteiger partial charge in [0.2, 0.25) is 0 Å². The van der Waals surface area contributed by atoms with E-state index in [2.05, 4.69) is 0 Å². The molecule has 73 heavy (non-hydrogen) atoms. The van der Waals surface area contributed by atoms with E-state index in [1.165, 1.54) is 0 Å². The summed E-state index contributed by atoms with van der Waals surface area (Å²) in [6, 6.07) is 0. The molecule has 0 bridgehead atoms. The van der Waals surface area contributed by atoms with Gasteiger partial charge in [0, 0.05) is 81.7 Å². The van der Waals surface area contributed by atoms with Crippen molar-refractivity contribution in [2.24, 2.45) is 0 Å². The van der Waals surface area contributed by atoms with Crippen molar-refractivity contribution in [3.8, 4) is 0 Å². The van der Waals surface area contributed by atoms with Crippen LogP contribution in [0.15, 0.2) is 65.0 Å². The zero-order chi connectivity index (χ0) is 50.7. The number of hydrogen-bond donors (Lipinski definition) is 12. The minimum absolute atomic E-state index is 0. The number of allylic oxidation sites excluding steroid dienone is 1. The van der Waals surface area contributed by atoms with Gasteiger partial charge in [-0.3, -0.25) is 0 Å². The van der Waals surface area contributed by atoms with Gasteiger partial charge in [0.25, 0.3) is 0 Å². The standard InChI is InChI=1S/C40H39O18S12.3Na/c41-1-35(2-42)59-20-14(21-27(17(32(53)54)26(20)65-35)66-36(3-43,4-44)60-21)13(15-22-28(67-37(5-45,6-46)61-22)18(33(55)56)29-23(15)62-38(7-47,8-48)68-29)16-24-30(69-39(9-49,10-50)63-24)19(34(57)58)31-25(16)64-40(11-51,12-52)70-31;;;/h41-52H,1-12H2,(H,53,54)(H,55,56)(H,57,58);;;/q;3*+1/p-3. The Labute approximate surface area is 533 Å². The number of rotatable bonds is 17. The zero-order valence-corrected chi connectivity index (χ0v) is 54.0. The first-order valence-corrected chi connectivity index (χ1v) is 30.0. The van der Waals surface area contributed by atoms with Crippen molar-refractivity contribution < 1.29 is 180 Å². The molecule has 7 aliphatic rings. The van der Waals surface area contributed by atoms with E-state index in [1.807, 2.05) is 0 Å². The third kappa shape index (κ3) is 10.4. The molecule has 0 unspecified atom stereocenters. The van der Waals surface area contributed by atoms with Gasteiger partial charge in [0.05, 0.1) is 102 Å². The maximum atomic E-state index is 13.5. The van der Waals surface area contributed by atoms with Crippen LogP contribution in [0.5, 0.6) is 0 Å². The Morgan fingerprint density at radius 1 is 0.315 bits per heavy atom. The Hall–Kier alpha value is 2.79. The number of hydrogen-bond acceptors (Lipinski definition) is 30. The SMILES string of the molecule is O=C([O-])C1=C2SC(CO)(CO)S[C]2C(=C(c2c3c(c(C(=O)[O-])c4c2SC(CO)(CO)S4)SC(CO)(CO)S3)c2c3c(c(C(=O)[O-])c4c2SC(CO)(CO)S4)SC(CO)(CO)S3)C2=C1SC(CO)(CO)S2.[Na+].[Na+].[Na+]. The molecule has 0 spiro atoms. The quantitative estimate of drug-likeness (QED) is 0.0655. The smallest absolute Gasteiger partial charge is 0.545 e. The summed E-state index contributed by atoms with van der Waals surface area (Å²) in [7, 11) is 0. The molecule has 1 radical (unpaired) electrons. The second kappa shape index (κ2) is 24.6. The van der Waals surface area contributed by atoms with Gasteiger partial charge in [-0.1, -0.05) is 0 Å². The Morgan fingerprint density at radius 2 is 0.548 bits per heavy atom. The van der Waals surface area contributed by atoms with E-state index < -0.39 is 138 Å². The molecule has 33 heteroatoms. The van der Waals surface area contributed by atoms with Crippen LogP contribution in [0, 0.1) is 5.25 Å². The molecule has 379 valence electrons. The van der Waals surface area contributed by atoms with Gasteiger partial charge in [-0.2, -0.15) is 0 Å². The molecule has 1 aliphatic carbocycles. The van der Waals surface area contributed by atoms with Gasteiger partial charge >= 0.3 is 88.7 Å². The monoisotopic (exact) mass is 1260 g/mol. The van der Waals surface area contributed by atoms with Crippen molar-refractivity contribution in [3.05, 3.63) is 53.4 Å². The van der Waals surface area contributed by atoms with Crippen LogP contribution in [0.2, 0.25) is 0 Å². The summed E-state index contributed by atoms with van der Waals surface area (Å²) >= 11 is 9.87. The minimum atomic E-state index is -1.71. The third-order valence-corrected chi connectivity index (χ3v) is 30.4. The summed E-state index contributed by atoms with van der Waals surface area (Å²) in [4.78, 5) is 40.6. The average molecular weight is 1260 g/mol. The average Bonchev–Trinajstić information content (AvgIpc) is 4.23. The molecule has 0 amide bonds. The van der Waals surface area contributed by atoms with Crippen LogP contribution in [0.3, 0.4) is 0 Å². The van der Waals surface area contributed by atoms with Gasteiger partial charge in [0.15, 0.2) is 0 Å². The second-order valence-corrected chi connectivity index (χ2v) is 34.3. The number of fused-ring (bicyclic) bond motifs is 5. The van der Waals surface area contributed by atoms with Gasteiger partial charge < -0.3 is 91.0 Å². The zero-order valence-electron chi connectivity index (χ0n) is 38.2. The topological polar surface area (TPSA) is 363 Å². The van der Waals surface area contributed by atoms with Gasteiger partial charge in [-0.25, -0.2) is 0 Å². The second-order valence-electron chi connectivity index (χ2n) is 16.0. The molecule has 1 saturated heterocycles. The molecule has 0 saturated carbocycles. The Balaban J connectivity index is 0.00000290. The number of benzene rings is 2. The van der Waals surface area contributed by atoms with Crippen molar-refractivity contribution in [1.29, 1.82) is 0 Å². The predicted octanol–water partition coefficient (Wildman–Crippen LogP) is -10.2. The maximum Gasteiger partial charge on any atom is 1.00 e. The van der Waals surface area contributed by atoms with E-state index in [4.69, 9.17) is 0 Å². The van der Waals surface area contributed by atoms with Crippen molar-refractivity contribution >= 4 is 165 Å². The number of carbonyl (C=O) groups is 3. The summed E-state index contributed by atoms with van der Waals surface area (Å²) < 4.78 is -9.61. The molecule has 0 aromatic heterocycles. The molecule has 6 aliphatic heterocycles. The van der Waals surface area contributed by atoms with Crippen molar-refractivity contribution in [1.82, 2.24) is 0 Å².